The zero-order valence-corrected chi connectivity index (χ0v) is 27.9. The van der Waals surface area contributed by atoms with Gasteiger partial charge in [-0.1, -0.05) is 17.7 Å². The van der Waals surface area contributed by atoms with Crippen LogP contribution >= 0.6 is 0 Å². The number of fused-ring (bicyclic) bond motifs is 2. The van der Waals surface area contributed by atoms with Crippen LogP contribution in [0.15, 0.2) is 84.0 Å². The SMILES string of the molecule is COc1cc2c(-c3cc4c(C(c5cc(N6CCCCC6)ccc5N)S(=O)(=O)c5ccc(C)cc5)ccnc4[nH]3)cn(C)c2cc1OC. The highest BCUT2D eigenvalue weighted by molar-refractivity contribution is 7.92. The van der Waals surface area contributed by atoms with Crippen molar-refractivity contribution in [3.05, 3.63) is 95.8 Å². The van der Waals surface area contributed by atoms with Crippen molar-refractivity contribution in [3.8, 4) is 22.8 Å². The number of hydrogen-bond acceptors (Lipinski definition) is 7. The van der Waals surface area contributed by atoms with Crippen molar-refractivity contribution in [3.63, 3.8) is 0 Å². The van der Waals surface area contributed by atoms with Crippen molar-refractivity contribution in [1.82, 2.24) is 14.5 Å². The predicted molar refractivity (Wildman–Crippen MR) is 188 cm³/mol. The van der Waals surface area contributed by atoms with Crippen LogP contribution in [0.1, 0.15) is 41.2 Å². The number of piperidine rings is 1. The Balaban J connectivity index is 1.44. The zero-order chi connectivity index (χ0) is 32.9. The van der Waals surface area contributed by atoms with Gasteiger partial charge in [0.25, 0.3) is 0 Å². The monoisotopic (exact) mass is 649 g/mol. The van der Waals surface area contributed by atoms with E-state index in [1.807, 2.05) is 73.3 Å². The molecule has 0 spiro atoms. The lowest BCUT2D eigenvalue weighted by atomic mass is 9.99. The molecule has 7 rings (SSSR count). The van der Waals surface area contributed by atoms with Crippen molar-refractivity contribution in [2.75, 3.05) is 37.9 Å². The van der Waals surface area contributed by atoms with E-state index in [2.05, 4.69) is 14.9 Å². The molecule has 4 heterocycles. The van der Waals surface area contributed by atoms with Gasteiger partial charge in [-0.05, 0) is 80.3 Å². The van der Waals surface area contributed by atoms with E-state index in [9.17, 15) is 8.42 Å². The number of aryl methyl sites for hydroxylation is 2. The molecular formula is C37H39N5O4S. The van der Waals surface area contributed by atoms with Crippen molar-refractivity contribution in [2.45, 2.75) is 36.3 Å². The number of methoxy groups -OCH3 is 2. The minimum atomic E-state index is -3.96. The molecule has 1 fully saturated rings. The number of anilines is 2. The van der Waals surface area contributed by atoms with Crippen molar-refractivity contribution in [1.29, 1.82) is 0 Å². The summed E-state index contributed by atoms with van der Waals surface area (Å²) in [5.41, 5.74) is 13.5. The number of nitrogens with one attached hydrogen (secondary N) is 1. The van der Waals surface area contributed by atoms with Crippen LogP contribution in [-0.4, -0.2) is 50.3 Å². The Morgan fingerprint density at radius 3 is 2.32 bits per heavy atom. The molecule has 3 aromatic heterocycles. The molecule has 0 saturated carbocycles. The summed E-state index contributed by atoms with van der Waals surface area (Å²) in [6.45, 7) is 3.81. The number of hydrogen-bond donors (Lipinski definition) is 2. The Kier molecular flexibility index (Phi) is 7.83. The molecule has 242 valence electrons. The molecule has 0 bridgehead atoms. The maximum Gasteiger partial charge on any atom is 0.189 e. The first-order valence-corrected chi connectivity index (χ1v) is 17.4. The number of rotatable bonds is 8. The lowest BCUT2D eigenvalue weighted by Gasteiger charge is -2.30. The van der Waals surface area contributed by atoms with Crippen LogP contribution in [0, 0.1) is 6.92 Å². The highest BCUT2D eigenvalue weighted by atomic mass is 32.2. The van der Waals surface area contributed by atoms with Crippen LogP contribution in [-0.2, 0) is 16.9 Å². The Morgan fingerprint density at radius 2 is 1.60 bits per heavy atom. The van der Waals surface area contributed by atoms with Gasteiger partial charge in [0.15, 0.2) is 21.3 Å². The molecule has 0 radical (unpaired) electrons. The second-order valence-electron chi connectivity index (χ2n) is 12.3. The van der Waals surface area contributed by atoms with Crippen LogP contribution in [0.5, 0.6) is 11.5 Å². The summed E-state index contributed by atoms with van der Waals surface area (Å²) in [4.78, 5) is 10.7. The fourth-order valence-corrected chi connectivity index (χ4v) is 8.71. The lowest BCUT2D eigenvalue weighted by molar-refractivity contribution is 0.355. The number of aromatic amines is 1. The number of nitrogens with zero attached hydrogens (tertiary/aromatic N) is 3. The third-order valence-electron chi connectivity index (χ3n) is 9.37. The molecule has 6 aromatic rings. The Morgan fingerprint density at radius 1 is 0.872 bits per heavy atom. The zero-order valence-electron chi connectivity index (χ0n) is 27.1. The molecule has 9 nitrogen and oxygen atoms in total. The number of nitrogen functional groups attached to an aromatic ring is 1. The number of H-pyrrole nitrogens is 1. The maximum atomic E-state index is 14.8. The Hall–Kier alpha value is -4.96. The van der Waals surface area contributed by atoms with Gasteiger partial charge in [-0.2, -0.15) is 0 Å². The van der Waals surface area contributed by atoms with Gasteiger partial charge < -0.3 is 29.7 Å². The minimum Gasteiger partial charge on any atom is -0.493 e. The van der Waals surface area contributed by atoms with Crippen molar-refractivity contribution < 1.29 is 17.9 Å². The first kappa shape index (κ1) is 30.7. The van der Waals surface area contributed by atoms with Gasteiger partial charge in [-0.3, -0.25) is 0 Å². The van der Waals surface area contributed by atoms with Gasteiger partial charge >= 0.3 is 0 Å². The number of sulfone groups is 1. The van der Waals surface area contributed by atoms with Crippen molar-refractivity contribution in [2.24, 2.45) is 7.05 Å². The highest BCUT2D eigenvalue weighted by Gasteiger charge is 2.35. The average Bonchev–Trinajstić information content (AvgIpc) is 3.66. The highest BCUT2D eigenvalue weighted by Crippen LogP contribution is 2.44. The van der Waals surface area contributed by atoms with E-state index in [4.69, 9.17) is 15.2 Å². The number of pyridine rings is 1. The quantitative estimate of drug-likeness (QED) is 0.168. The van der Waals surface area contributed by atoms with Crippen LogP contribution in [0.2, 0.25) is 0 Å². The largest absolute Gasteiger partial charge is 0.493 e. The molecular weight excluding hydrogens is 611 g/mol. The maximum absolute atomic E-state index is 14.8. The number of nitrogens with two attached hydrogens (primary N) is 1. The van der Waals surface area contributed by atoms with Gasteiger partial charge in [0.05, 0.1) is 24.6 Å². The number of aromatic nitrogens is 3. The molecule has 1 atom stereocenters. The summed E-state index contributed by atoms with van der Waals surface area (Å²) in [5.74, 6) is 1.26. The standard InChI is InChI=1S/C37H39N5O4S/c1-23-8-11-25(12-9-23)47(43,44)36(29-18-24(10-13-31(29)38)42-16-6-5-7-17-42)26-14-15-39-37-28(26)19-32(40-37)30-22-41(2)33-21-35(46-4)34(45-3)20-27(30)33/h8-15,18-22,36H,5-7,16-17,38H2,1-4H3,(H,39,40). The normalized spacial score (nSPS) is 14.5. The topological polar surface area (TPSA) is 115 Å². The Labute approximate surface area is 274 Å². The molecule has 3 aromatic carbocycles. The molecule has 1 unspecified atom stereocenters. The van der Waals surface area contributed by atoms with E-state index in [1.54, 1.807) is 38.6 Å². The van der Waals surface area contributed by atoms with Crippen LogP contribution in [0.3, 0.4) is 0 Å². The Bertz CT molecular complexity index is 2210. The fourth-order valence-electron chi connectivity index (χ4n) is 6.85. The second-order valence-corrected chi connectivity index (χ2v) is 14.4. The van der Waals surface area contributed by atoms with Crippen LogP contribution in [0.4, 0.5) is 11.4 Å². The molecule has 10 heteroatoms. The first-order valence-electron chi connectivity index (χ1n) is 15.8. The molecule has 47 heavy (non-hydrogen) atoms. The molecule has 0 amide bonds. The predicted octanol–water partition coefficient (Wildman–Crippen LogP) is 7.18. The minimum absolute atomic E-state index is 0.242. The van der Waals surface area contributed by atoms with Crippen molar-refractivity contribution >= 4 is 43.1 Å². The third kappa shape index (κ3) is 5.36. The molecule has 1 aliphatic rings. The lowest BCUT2D eigenvalue weighted by Crippen LogP contribution is -2.29. The summed E-state index contributed by atoms with van der Waals surface area (Å²) in [7, 11) is 1.25. The number of benzene rings is 3. The van der Waals surface area contributed by atoms with Gasteiger partial charge in [0, 0.05) is 77.6 Å². The molecule has 1 saturated heterocycles. The summed E-state index contributed by atoms with van der Waals surface area (Å²) in [6.07, 6.45) is 7.11. The second kappa shape index (κ2) is 12.0. The molecule has 3 N–H and O–H groups in total. The van der Waals surface area contributed by atoms with Gasteiger partial charge in [0.2, 0.25) is 0 Å². The average molecular weight is 650 g/mol. The van der Waals surface area contributed by atoms with Gasteiger partial charge in [-0.25, -0.2) is 13.4 Å². The van der Waals surface area contributed by atoms with E-state index < -0.39 is 15.1 Å². The smallest absolute Gasteiger partial charge is 0.189 e. The summed E-state index contributed by atoms with van der Waals surface area (Å²) in [6, 6.07) is 20.5. The summed E-state index contributed by atoms with van der Waals surface area (Å²) in [5, 5.41) is 0.602. The van der Waals surface area contributed by atoms with Gasteiger partial charge in [-0.15, -0.1) is 0 Å². The van der Waals surface area contributed by atoms with E-state index in [0.29, 0.717) is 39.3 Å². The summed E-state index contributed by atoms with van der Waals surface area (Å²) >= 11 is 0. The van der Waals surface area contributed by atoms with Gasteiger partial charge in [0.1, 0.15) is 10.9 Å². The third-order valence-corrected chi connectivity index (χ3v) is 11.4. The first-order chi connectivity index (χ1) is 22.7. The molecule has 1 aliphatic heterocycles. The fraction of sp³-hybridized carbons (Fsp3) is 0.270. The van der Waals surface area contributed by atoms with E-state index in [1.165, 1.54) is 6.42 Å². The number of ether oxygens (including phenoxy) is 2. The summed E-state index contributed by atoms with van der Waals surface area (Å²) < 4.78 is 42.8. The van der Waals surface area contributed by atoms with E-state index in [0.717, 1.165) is 59.3 Å². The van der Waals surface area contributed by atoms with Crippen LogP contribution < -0.4 is 20.1 Å². The van der Waals surface area contributed by atoms with E-state index in [-0.39, 0.29) is 4.90 Å². The molecule has 0 aliphatic carbocycles. The van der Waals surface area contributed by atoms with Crippen LogP contribution in [0.25, 0.3) is 33.2 Å². The van der Waals surface area contributed by atoms with E-state index >= 15 is 0 Å².